The first-order valence-corrected chi connectivity index (χ1v) is 10.3. The highest BCUT2D eigenvalue weighted by atomic mass is 19.1. The lowest BCUT2D eigenvalue weighted by atomic mass is 10.1. The number of nitrogens with one attached hydrogen (secondary N) is 1. The Kier molecular flexibility index (Phi) is 5.65. The van der Waals surface area contributed by atoms with Gasteiger partial charge in [0, 0.05) is 24.0 Å². The third kappa shape index (κ3) is 4.58. The van der Waals surface area contributed by atoms with Gasteiger partial charge in [-0.15, -0.1) is 0 Å². The van der Waals surface area contributed by atoms with Crippen LogP contribution in [0.1, 0.15) is 15.9 Å². The number of halogens is 2. The Hall–Kier alpha value is -4.66. The van der Waals surface area contributed by atoms with Crippen LogP contribution in [0, 0.1) is 11.6 Å². The number of anilines is 1. The molecule has 9 heteroatoms. The van der Waals surface area contributed by atoms with E-state index in [0.717, 1.165) is 5.56 Å². The fourth-order valence-corrected chi connectivity index (χ4v) is 3.35. The zero-order chi connectivity index (χ0) is 23.5. The number of hydrogen-bond acceptors (Lipinski definition) is 5. The average Bonchev–Trinajstić information content (AvgIpc) is 3.51. The SMILES string of the molecule is O=C(Nc1ccc(Cn2cnc(-c3nc(-c4ccc(F)cc4)no3)c2)cc1)c1ccccc1F. The molecule has 0 bridgehead atoms. The van der Waals surface area contributed by atoms with Crippen molar-refractivity contribution in [2.24, 2.45) is 0 Å². The number of rotatable bonds is 6. The van der Waals surface area contributed by atoms with Crippen LogP contribution in [-0.4, -0.2) is 25.6 Å². The lowest BCUT2D eigenvalue weighted by Gasteiger charge is -2.08. The number of imidazole rings is 1. The van der Waals surface area contributed by atoms with Crippen LogP contribution in [-0.2, 0) is 6.54 Å². The topological polar surface area (TPSA) is 85.8 Å². The highest BCUT2D eigenvalue weighted by molar-refractivity contribution is 6.04. The minimum Gasteiger partial charge on any atom is -0.332 e. The Labute approximate surface area is 192 Å². The molecule has 1 amide bonds. The predicted octanol–water partition coefficient (Wildman–Crippen LogP) is 5.18. The van der Waals surface area contributed by atoms with Gasteiger partial charge in [0.25, 0.3) is 11.8 Å². The fraction of sp³-hybridized carbons (Fsp3) is 0.0400. The van der Waals surface area contributed by atoms with E-state index in [1.807, 2.05) is 16.7 Å². The van der Waals surface area contributed by atoms with E-state index in [9.17, 15) is 13.6 Å². The van der Waals surface area contributed by atoms with E-state index in [1.165, 1.54) is 30.3 Å². The van der Waals surface area contributed by atoms with Crippen molar-refractivity contribution in [2.45, 2.75) is 6.54 Å². The van der Waals surface area contributed by atoms with Gasteiger partial charge in [-0.25, -0.2) is 13.8 Å². The van der Waals surface area contributed by atoms with Gasteiger partial charge in [0.05, 0.1) is 11.9 Å². The van der Waals surface area contributed by atoms with Crippen LogP contribution >= 0.6 is 0 Å². The summed E-state index contributed by atoms with van der Waals surface area (Å²) in [6.07, 6.45) is 3.42. The number of amides is 1. The molecule has 5 aromatic rings. The third-order valence-electron chi connectivity index (χ3n) is 5.08. The first-order chi connectivity index (χ1) is 16.5. The molecule has 0 aliphatic heterocycles. The lowest BCUT2D eigenvalue weighted by molar-refractivity contribution is 0.102. The molecule has 168 valence electrons. The monoisotopic (exact) mass is 457 g/mol. The molecule has 5 rings (SSSR count). The van der Waals surface area contributed by atoms with E-state index in [1.54, 1.807) is 42.9 Å². The standard InChI is InChI=1S/C25H17F2N5O2/c26-18-9-7-17(8-10-18)23-30-25(34-31-23)22-14-32(15-28-22)13-16-5-11-19(12-6-16)29-24(33)20-3-1-2-4-21(20)27/h1-12,14-15H,13H2,(H,29,33). The molecule has 0 saturated heterocycles. The van der Waals surface area contributed by atoms with Crippen LogP contribution in [0.2, 0.25) is 0 Å². The second-order valence-corrected chi connectivity index (χ2v) is 7.49. The summed E-state index contributed by atoms with van der Waals surface area (Å²) in [6, 6.07) is 18.8. The average molecular weight is 457 g/mol. The summed E-state index contributed by atoms with van der Waals surface area (Å²) in [5.74, 6) is -0.822. The largest absolute Gasteiger partial charge is 0.332 e. The minimum absolute atomic E-state index is 0.0128. The van der Waals surface area contributed by atoms with E-state index < -0.39 is 11.7 Å². The molecule has 0 saturated carbocycles. The Balaban J connectivity index is 1.24. The minimum atomic E-state index is -0.571. The number of nitrogens with zero attached hydrogens (tertiary/aromatic N) is 4. The van der Waals surface area contributed by atoms with Crippen molar-refractivity contribution >= 4 is 11.6 Å². The summed E-state index contributed by atoms with van der Waals surface area (Å²) in [5.41, 5.74) is 2.65. The van der Waals surface area contributed by atoms with Crippen molar-refractivity contribution in [1.29, 1.82) is 0 Å². The molecule has 7 nitrogen and oxygen atoms in total. The molecule has 0 fully saturated rings. The maximum atomic E-state index is 13.8. The van der Waals surface area contributed by atoms with Gasteiger partial charge < -0.3 is 14.4 Å². The van der Waals surface area contributed by atoms with Gasteiger partial charge in [-0.1, -0.05) is 29.4 Å². The van der Waals surface area contributed by atoms with Crippen molar-refractivity contribution in [3.05, 3.63) is 108 Å². The Morgan fingerprint density at radius 1 is 0.971 bits per heavy atom. The summed E-state index contributed by atoms with van der Waals surface area (Å²) < 4.78 is 34.0. The van der Waals surface area contributed by atoms with Gasteiger partial charge in [-0.3, -0.25) is 4.79 Å². The molecule has 3 aromatic carbocycles. The summed E-state index contributed by atoms with van der Waals surface area (Å²) in [5, 5.41) is 6.62. The molecule has 1 N–H and O–H groups in total. The summed E-state index contributed by atoms with van der Waals surface area (Å²) in [7, 11) is 0. The van der Waals surface area contributed by atoms with Crippen LogP contribution in [0.4, 0.5) is 14.5 Å². The molecule has 0 aliphatic carbocycles. The number of carbonyl (C=O) groups excluding carboxylic acids is 1. The van der Waals surface area contributed by atoms with Crippen LogP contribution in [0.3, 0.4) is 0 Å². The molecular weight excluding hydrogens is 440 g/mol. The van der Waals surface area contributed by atoms with E-state index in [4.69, 9.17) is 4.52 Å². The van der Waals surface area contributed by atoms with Crippen LogP contribution in [0.15, 0.2) is 89.8 Å². The summed E-state index contributed by atoms with van der Waals surface area (Å²) in [4.78, 5) is 20.9. The van der Waals surface area contributed by atoms with Gasteiger partial charge in [0.15, 0.2) is 0 Å². The van der Waals surface area contributed by atoms with Crippen LogP contribution in [0.5, 0.6) is 0 Å². The summed E-state index contributed by atoms with van der Waals surface area (Å²) >= 11 is 0. The molecule has 0 unspecified atom stereocenters. The summed E-state index contributed by atoms with van der Waals surface area (Å²) in [6.45, 7) is 0.521. The van der Waals surface area contributed by atoms with Crippen molar-refractivity contribution in [1.82, 2.24) is 19.7 Å². The van der Waals surface area contributed by atoms with Gasteiger partial charge in [-0.05, 0) is 54.1 Å². The molecule has 0 aliphatic rings. The second-order valence-electron chi connectivity index (χ2n) is 7.49. The van der Waals surface area contributed by atoms with Crippen molar-refractivity contribution in [3.8, 4) is 23.0 Å². The van der Waals surface area contributed by atoms with Crippen molar-refractivity contribution in [3.63, 3.8) is 0 Å². The fourth-order valence-electron chi connectivity index (χ4n) is 3.35. The number of carbonyl (C=O) groups is 1. The molecule has 2 heterocycles. The number of benzene rings is 3. The normalized spacial score (nSPS) is 10.9. The molecule has 2 aromatic heterocycles. The van der Waals surface area contributed by atoms with E-state index >= 15 is 0 Å². The number of hydrogen-bond donors (Lipinski definition) is 1. The molecular formula is C25H17F2N5O2. The Bertz CT molecular complexity index is 1440. The molecule has 0 atom stereocenters. The molecule has 0 spiro atoms. The van der Waals surface area contributed by atoms with Crippen molar-refractivity contribution < 1.29 is 18.1 Å². The van der Waals surface area contributed by atoms with Crippen LogP contribution in [0.25, 0.3) is 23.0 Å². The first kappa shape index (κ1) is 21.2. The van der Waals surface area contributed by atoms with Gasteiger partial charge in [0.2, 0.25) is 5.82 Å². The van der Waals surface area contributed by atoms with Crippen molar-refractivity contribution in [2.75, 3.05) is 5.32 Å². The Morgan fingerprint density at radius 2 is 1.74 bits per heavy atom. The second kappa shape index (κ2) is 9.07. The van der Waals surface area contributed by atoms with E-state index in [0.29, 0.717) is 29.3 Å². The van der Waals surface area contributed by atoms with Gasteiger partial charge >= 0.3 is 0 Å². The van der Waals surface area contributed by atoms with E-state index in [2.05, 4.69) is 20.4 Å². The zero-order valence-corrected chi connectivity index (χ0v) is 17.7. The lowest BCUT2D eigenvalue weighted by Crippen LogP contribution is -2.13. The predicted molar refractivity (Wildman–Crippen MR) is 121 cm³/mol. The molecule has 0 radical (unpaired) electrons. The highest BCUT2D eigenvalue weighted by Gasteiger charge is 2.14. The maximum absolute atomic E-state index is 13.8. The highest BCUT2D eigenvalue weighted by Crippen LogP contribution is 2.22. The van der Waals surface area contributed by atoms with Gasteiger partial charge in [0.1, 0.15) is 17.3 Å². The maximum Gasteiger partial charge on any atom is 0.278 e. The first-order valence-electron chi connectivity index (χ1n) is 10.3. The zero-order valence-electron chi connectivity index (χ0n) is 17.7. The smallest absolute Gasteiger partial charge is 0.278 e. The third-order valence-corrected chi connectivity index (χ3v) is 5.08. The Morgan fingerprint density at radius 3 is 2.50 bits per heavy atom. The quantitative estimate of drug-likeness (QED) is 0.380. The van der Waals surface area contributed by atoms with Crippen LogP contribution < -0.4 is 5.32 Å². The van der Waals surface area contributed by atoms with E-state index in [-0.39, 0.29) is 17.3 Å². The van der Waals surface area contributed by atoms with Gasteiger partial charge in [-0.2, -0.15) is 4.98 Å². The number of aromatic nitrogens is 4. The molecule has 34 heavy (non-hydrogen) atoms.